The number of aromatic amines is 2. The van der Waals surface area contributed by atoms with Crippen molar-refractivity contribution in [3.8, 4) is 33.8 Å². The summed E-state index contributed by atoms with van der Waals surface area (Å²) in [5.74, 6) is -0.268. The third-order valence-corrected chi connectivity index (χ3v) is 7.07. The van der Waals surface area contributed by atoms with Gasteiger partial charge in [0.25, 0.3) is 0 Å². The molecule has 5 aromatic heterocycles. The molecule has 8 heteroatoms. The largest absolute Gasteiger partial charge is 0.338 e. The smallest absolute Gasteiger partial charge is 0.138 e. The number of benzene rings is 1. The molecule has 6 aromatic rings. The normalized spacial score (nSPS) is 14.2. The molecule has 1 aromatic carbocycles. The number of halogens is 1. The standard InChI is InChI=1S/C29H24FN7/c30-21-5-3-4-19(11-21)22-6-7-32-29-23(22)12-26(34-29)28-24-13-25(33-16-27(24)35-36-28)20-10-18(14-31-15-20)17-37-8-1-2-9-37/h3-7,10-16H,1-2,8-9,17H2,(H,32,34)(H,35,36). The Labute approximate surface area is 212 Å². The molecule has 0 aliphatic carbocycles. The van der Waals surface area contributed by atoms with Crippen molar-refractivity contribution >= 4 is 21.9 Å². The third-order valence-electron chi connectivity index (χ3n) is 7.07. The van der Waals surface area contributed by atoms with E-state index in [1.54, 1.807) is 12.3 Å². The zero-order chi connectivity index (χ0) is 24.8. The molecule has 1 fully saturated rings. The molecule has 0 spiro atoms. The summed E-state index contributed by atoms with van der Waals surface area (Å²) in [7, 11) is 0. The highest BCUT2D eigenvalue weighted by molar-refractivity contribution is 6.00. The van der Waals surface area contributed by atoms with Crippen LogP contribution in [0.3, 0.4) is 0 Å². The summed E-state index contributed by atoms with van der Waals surface area (Å²) >= 11 is 0. The van der Waals surface area contributed by atoms with Gasteiger partial charge in [0.05, 0.1) is 23.1 Å². The van der Waals surface area contributed by atoms with Crippen LogP contribution in [0, 0.1) is 5.82 Å². The number of hydrogen-bond acceptors (Lipinski definition) is 5. The fourth-order valence-corrected chi connectivity index (χ4v) is 5.26. The number of rotatable bonds is 5. The lowest BCUT2D eigenvalue weighted by atomic mass is 10.0. The molecule has 1 saturated heterocycles. The van der Waals surface area contributed by atoms with Crippen LogP contribution < -0.4 is 0 Å². The van der Waals surface area contributed by atoms with Crippen LogP contribution in [0.1, 0.15) is 18.4 Å². The highest BCUT2D eigenvalue weighted by Gasteiger charge is 2.16. The van der Waals surface area contributed by atoms with Gasteiger partial charge in [0.2, 0.25) is 0 Å². The van der Waals surface area contributed by atoms with E-state index in [2.05, 4.69) is 47.2 Å². The Morgan fingerprint density at radius 2 is 1.81 bits per heavy atom. The molecule has 0 unspecified atom stereocenters. The number of fused-ring (bicyclic) bond motifs is 2. The Kier molecular flexibility index (Phi) is 5.25. The van der Waals surface area contributed by atoms with Crippen LogP contribution in [-0.4, -0.2) is 48.1 Å². The first-order valence-electron chi connectivity index (χ1n) is 12.5. The van der Waals surface area contributed by atoms with E-state index in [0.717, 1.165) is 75.3 Å². The summed E-state index contributed by atoms with van der Waals surface area (Å²) in [6.07, 6.45) is 9.88. The summed E-state index contributed by atoms with van der Waals surface area (Å²) in [4.78, 5) is 19.5. The van der Waals surface area contributed by atoms with E-state index in [1.165, 1.54) is 30.5 Å². The quantitative estimate of drug-likeness (QED) is 0.312. The van der Waals surface area contributed by atoms with Gasteiger partial charge in [0.15, 0.2) is 0 Å². The lowest BCUT2D eigenvalue weighted by Crippen LogP contribution is -2.18. The summed E-state index contributed by atoms with van der Waals surface area (Å²) in [5, 5.41) is 9.55. The van der Waals surface area contributed by atoms with Crippen molar-refractivity contribution in [3.05, 3.63) is 84.7 Å². The van der Waals surface area contributed by atoms with Crippen molar-refractivity contribution in [1.29, 1.82) is 0 Å². The second-order valence-electron chi connectivity index (χ2n) is 9.57. The van der Waals surface area contributed by atoms with Gasteiger partial charge in [-0.05, 0) is 79.0 Å². The van der Waals surface area contributed by atoms with Crippen molar-refractivity contribution in [3.63, 3.8) is 0 Å². The lowest BCUT2D eigenvalue weighted by molar-refractivity contribution is 0.331. The Morgan fingerprint density at radius 1 is 0.892 bits per heavy atom. The number of pyridine rings is 3. The van der Waals surface area contributed by atoms with E-state index in [-0.39, 0.29) is 5.82 Å². The van der Waals surface area contributed by atoms with E-state index in [1.807, 2.05) is 36.8 Å². The summed E-state index contributed by atoms with van der Waals surface area (Å²) < 4.78 is 13.9. The van der Waals surface area contributed by atoms with Gasteiger partial charge in [-0.2, -0.15) is 5.10 Å². The van der Waals surface area contributed by atoms with Gasteiger partial charge < -0.3 is 4.98 Å². The van der Waals surface area contributed by atoms with Crippen molar-refractivity contribution < 1.29 is 4.39 Å². The molecule has 7 rings (SSSR count). The summed E-state index contributed by atoms with van der Waals surface area (Å²) in [5.41, 5.74) is 7.92. The van der Waals surface area contributed by atoms with E-state index < -0.39 is 0 Å². The lowest BCUT2D eigenvalue weighted by Gasteiger charge is -2.14. The van der Waals surface area contributed by atoms with Crippen molar-refractivity contribution in [2.45, 2.75) is 19.4 Å². The van der Waals surface area contributed by atoms with Gasteiger partial charge in [-0.15, -0.1) is 0 Å². The van der Waals surface area contributed by atoms with Crippen LogP contribution in [-0.2, 0) is 6.54 Å². The van der Waals surface area contributed by atoms with Gasteiger partial charge >= 0.3 is 0 Å². The number of likely N-dealkylation sites (tertiary alicyclic amines) is 1. The van der Waals surface area contributed by atoms with Crippen LogP contribution >= 0.6 is 0 Å². The fourth-order valence-electron chi connectivity index (χ4n) is 5.26. The van der Waals surface area contributed by atoms with E-state index in [0.29, 0.717) is 0 Å². The van der Waals surface area contributed by atoms with E-state index >= 15 is 0 Å². The first-order chi connectivity index (χ1) is 18.2. The molecule has 2 N–H and O–H groups in total. The van der Waals surface area contributed by atoms with Crippen LogP contribution in [0.25, 0.3) is 55.7 Å². The average Bonchev–Trinajstić information content (AvgIpc) is 3.67. The number of H-pyrrole nitrogens is 2. The summed E-state index contributed by atoms with van der Waals surface area (Å²) in [6.45, 7) is 3.20. The number of nitrogens with one attached hydrogen (secondary N) is 2. The Bertz CT molecular complexity index is 1750. The predicted molar refractivity (Wildman–Crippen MR) is 142 cm³/mol. The maximum Gasteiger partial charge on any atom is 0.138 e. The second-order valence-corrected chi connectivity index (χ2v) is 9.57. The molecule has 1 aliphatic heterocycles. The number of nitrogens with zero attached hydrogens (tertiary/aromatic N) is 5. The van der Waals surface area contributed by atoms with E-state index in [4.69, 9.17) is 0 Å². The highest BCUT2D eigenvalue weighted by atomic mass is 19.1. The van der Waals surface area contributed by atoms with Crippen LogP contribution in [0.15, 0.2) is 73.3 Å². The maximum atomic E-state index is 13.9. The molecule has 6 heterocycles. The molecular formula is C29H24FN7. The minimum Gasteiger partial charge on any atom is -0.338 e. The molecule has 182 valence electrons. The van der Waals surface area contributed by atoms with Crippen molar-refractivity contribution in [1.82, 2.24) is 35.0 Å². The van der Waals surface area contributed by atoms with Gasteiger partial charge in [0, 0.05) is 41.5 Å². The Hall–Kier alpha value is -4.43. The van der Waals surface area contributed by atoms with E-state index in [9.17, 15) is 4.39 Å². The van der Waals surface area contributed by atoms with Crippen molar-refractivity contribution in [2.24, 2.45) is 0 Å². The molecule has 37 heavy (non-hydrogen) atoms. The number of aromatic nitrogens is 6. The highest BCUT2D eigenvalue weighted by Crippen LogP contribution is 2.34. The zero-order valence-electron chi connectivity index (χ0n) is 20.1. The monoisotopic (exact) mass is 489 g/mol. The minimum atomic E-state index is -0.268. The summed E-state index contributed by atoms with van der Waals surface area (Å²) in [6, 6.07) is 14.8. The van der Waals surface area contributed by atoms with Gasteiger partial charge in [-0.1, -0.05) is 12.1 Å². The zero-order valence-corrected chi connectivity index (χ0v) is 20.1. The van der Waals surface area contributed by atoms with Crippen LogP contribution in [0.5, 0.6) is 0 Å². The Morgan fingerprint density at radius 3 is 2.70 bits per heavy atom. The number of hydrogen-bond donors (Lipinski definition) is 2. The predicted octanol–water partition coefficient (Wildman–Crippen LogP) is 5.97. The van der Waals surface area contributed by atoms with Crippen LogP contribution in [0.2, 0.25) is 0 Å². The fraction of sp³-hybridized carbons (Fsp3) is 0.172. The first-order valence-corrected chi connectivity index (χ1v) is 12.5. The average molecular weight is 490 g/mol. The maximum absolute atomic E-state index is 13.9. The first kappa shape index (κ1) is 21.8. The molecule has 0 bridgehead atoms. The molecule has 1 aliphatic rings. The minimum absolute atomic E-state index is 0.268. The SMILES string of the molecule is Fc1cccc(-c2ccnc3[nH]c(-c4n[nH]c5cnc(-c6cncc(CN7CCCC7)c6)cc45)cc23)c1. The van der Waals surface area contributed by atoms with Gasteiger partial charge in [0.1, 0.15) is 17.2 Å². The molecule has 0 amide bonds. The van der Waals surface area contributed by atoms with Crippen LogP contribution in [0.4, 0.5) is 4.39 Å². The van der Waals surface area contributed by atoms with Crippen molar-refractivity contribution in [2.75, 3.05) is 13.1 Å². The second kappa shape index (κ2) is 8.90. The molecule has 0 saturated carbocycles. The third kappa shape index (κ3) is 4.05. The molecule has 7 nitrogen and oxygen atoms in total. The molecule has 0 radical (unpaired) electrons. The molecule has 0 atom stereocenters. The topological polar surface area (TPSA) is 86.4 Å². The Balaban J connectivity index is 1.28. The van der Waals surface area contributed by atoms with Gasteiger partial charge in [-0.3, -0.25) is 20.0 Å². The van der Waals surface area contributed by atoms with Gasteiger partial charge in [-0.25, -0.2) is 9.37 Å². The molecular weight excluding hydrogens is 465 g/mol.